The van der Waals surface area contributed by atoms with E-state index in [4.69, 9.17) is 4.74 Å². The highest BCUT2D eigenvalue weighted by Crippen LogP contribution is 2.26. The van der Waals surface area contributed by atoms with Gasteiger partial charge in [0.2, 0.25) is 5.88 Å². The number of aliphatic hydroxyl groups is 1. The van der Waals surface area contributed by atoms with Crippen molar-refractivity contribution in [2.45, 2.75) is 20.0 Å². The number of aryl methyl sites for hydroxylation is 1. The number of nitro benzene ring substituents is 1. The van der Waals surface area contributed by atoms with Crippen molar-refractivity contribution >= 4 is 5.69 Å². The second-order valence-electron chi connectivity index (χ2n) is 4.41. The van der Waals surface area contributed by atoms with Gasteiger partial charge in [-0.15, -0.1) is 0 Å². The van der Waals surface area contributed by atoms with Crippen LogP contribution in [0.15, 0.2) is 36.5 Å². The Bertz CT molecular complexity index is 624. The van der Waals surface area contributed by atoms with Crippen LogP contribution in [0.2, 0.25) is 0 Å². The van der Waals surface area contributed by atoms with Crippen LogP contribution in [0, 0.1) is 17.0 Å². The summed E-state index contributed by atoms with van der Waals surface area (Å²) in [5.41, 5.74) is 1.26. The molecular weight excluding hydrogens is 260 g/mol. The van der Waals surface area contributed by atoms with Crippen LogP contribution in [-0.4, -0.2) is 15.0 Å². The molecular formula is C14H14N2O4. The smallest absolute Gasteiger partial charge is 0.272 e. The highest BCUT2D eigenvalue weighted by atomic mass is 16.6. The number of hydrogen-bond acceptors (Lipinski definition) is 5. The maximum absolute atomic E-state index is 10.7. The van der Waals surface area contributed by atoms with E-state index < -0.39 is 11.0 Å². The van der Waals surface area contributed by atoms with Gasteiger partial charge in [-0.1, -0.05) is 0 Å². The molecule has 0 unspecified atom stereocenters. The molecule has 0 spiro atoms. The lowest BCUT2D eigenvalue weighted by molar-refractivity contribution is -0.385. The Labute approximate surface area is 115 Å². The number of pyridine rings is 1. The fourth-order valence-corrected chi connectivity index (χ4v) is 1.72. The first kappa shape index (κ1) is 14.0. The van der Waals surface area contributed by atoms with Crippen LogP contribution in [0.25, 0.3) is 0 Å². The van der Waals surface area contributed by atoms with Gasteiger partial charge in [0.05, 0.1) is 11.0 Å². The van der Waals surface area contributed by atoms with Gasteiger partial charge >= 0.3 is 0 Å². The highest BCUT2D eigenvalue weighted by Gasteiger charge is 2.11. The number of nitrogens with zero attached hydrogens (tertiary/aromatic N) is 2. The third-order valence-corrected chi connectivity index (χ3v) is 2.83. The van der Waals surface area contributed by atoms with E-state index in [1.165, 1.54) is 18.3 Å². The Balaban J connectivity index is 2.17. The second kappa shape index (κ2) is 5.66. The van der Waals surface area contributed by atoms with Gasteiger partial charge in [0.25, 0.3) is 5.69 Å². The highest BCUT2D eigenvalue weighted by molar-refractivity contribution is 5.45. The Hall–Kier alpha value is -2.47. The van der Waals surface area contributed by atoms with Gasteiger partial charge in [-0.25, -0.2) is 4.98 Å². The predicted molar refractivity (Wildman–Crippen MR) is 72.8 cm³/mol. The van der Waals surface area contributed by atoms with Crippen molar-refractivity contribution in [3.8, 4) is 11.6 Å². The van der Waals surface area contributed by atoms with E-state index >= 15 is 0 Å². The zero-order valence-corrected chi connectivity index (χ0v) is 11.1. The summed E-state index contributed by atoms with van der Waals surface area (Å²) < 4.78 is 5.51. The van der Waals surface area contributed by atoms with Gasteiger partial charge in [0, 0.05) is 23.9 Å². The van der Waals surface area contributed by atoms with Gasteiger partial charge in [0.15, 0.2) is 0 Å². The molecule has 2 rings (SSSR count). The molecule has 6 nitrogen and oxygen atoms in total. The van der Waals surface area contributed by atoms with Crippen molar-refractivity contribution in [2.75, 3.05) is 0 Å². The Morgan fingerprint density at radius 2 is 2.10 bits per heavy atom. The molecule has 0 bridgehead atoms. The maximum Gasteiger partial charge on any atom is 0.272 e. The third kappa shape index (κ3) is 3.10. The van der Waals surface area contributed by atoms with Crippen molar-refractivity contribution < 1.29 is 14.8 Å². The molecule has 0 radical (unpaired) electrons. The van der Waals surface area contributed by atoms with Crippen molar-refractivity contribution in [2.24, 2.45) is 0 Å². The number of aliphatic hydroxyl groups excluding tert-OH is 1. The summed E-state index contributed by atoms with van der Waals surface area (Å²) in [6.07, 6.45) is 0.941. The lowest BCUT2D eigenvalue weighted by Crippen LogP contribution is -1.95. The van der Waals surface area contributed by atoms with Crippen LogP contribution in [0.5, 0.6) is 11.6 Å². The van der Waals surface area contributed by atoms with Gasteiger partial charge in [0.1, 0.15) is 5.75 Å². The van der Waals surface area contributed by atoms with Gasteiger partial charge in [-0.2, -0.15) is 0 Å². The average Bonchev–Trinajstić information content (AvgIpc) is 2.39. The molecule has 1 N–H and O–H groups in total. The van der Waals surface area contributed by atoms with Crippen LogP contribution in [0.4, 0.5) is 5.69 Å². The standard InChI is InChI=1S/C14H14N2O4/c1-9-7-12(4-5-13(9)16(18)19)20-14-6-3-11(8-15-14)10(2)17/h3-8,10,17H,1-2H3/t10-/m0/s1. The fourth-order valence-electron chi connectivity index (χ4n) is 1.72. The number of aromatic nitrogens is 1. The van der Waals surface area contributed by atoms with Crippen LogP contribution in [-0.2, 0) is 0 Å². The summed E-state index contributed by atoms with van der Waals surface area (Å²) in [5.74, 6) is 0.841. The first-order chi connectivity index (χ1) is 9.47. The van der Waals surface area contributed by atoms with E-state index in [1.54, 1.807) is 32.0 Å². The monoisotopic (exact) mass is 274 g/mol. The molecule has 20 heavy (non-hydrogen) atoms. The minimum Gasteiger partial charge on any atom is -0.439 e. The molecule has 6 heteroatoms. The molecule has 1 atom stereocenters. The Kier molecular flexibility index (Phi) is 3.95. The largest absolute Gasteiger partial charge is 0.439 e. The number of benzene rings is 1. The summed E-state index contributed by atoms with van der Waals surface area (Å²) in [4.78, 5) is 14.4. The van der Waals surface area contributed by atoms with Crippen LogP contribution < -0.4 is 4.74 Å². The zero-order chi connectivity index (χ0) is 14.7. The molecule has 0 amide bonds. The van der Waals surface area contributed by atoms with Crippen LogP contribution in [0.1, 0.15) is 24.2 Å². The topological polar surface area (TPSA) is 85.5 Å². The third-order valence-electron chi connectivity index (χ3n) is 2.83. The lowest BCUT2D eigenvalue weighted by Gasteiger charge is -2.07. The molecule has 1 heterocycles. The molecule has 1 aromatic heterocycles. The first-order valence-corrected chi connectivity index (χ1v) is 6.04. The number of hydrogen-bond donors (Lipinski definition) is 1. The second-order valence-corrected chi connectivity index (χ2v) is 4.41. The fraction of sp³-hybridized carbons (Fsp3) is 0.214. The summed E-state index contributed by atoms with van der Waals surface area (Å²) >= 11 is 0. The van der Waals surface area contributed by atoms with Crippen molar-refractivity contribution in [3.05, 3.63) is 57.8 Å². The minimum absolute atomic E-state index is 0.0507. The van der Waals surface area contributed by atoms with Crippen molar-refractivity contribution in [1.82, 2.24) is 4.98 Å². The molecule has 1 aromatic carbocycles. The normalized spacial score (nSPS) is 11.9. The van der Waals surface area contributed by atoms with Gasteiger partial charge in [-0.3, -0.25) is 10.1 Å². The van der Waals surface area contributed by atoms with E-state index in [2.05, 4.69) is 4.98 Å². The van der Waals surface area contributed by atoms with Crippen molar-refractivity contribution in [1.29, 1.82) is 0 Å². The molecule has 0 saturated heterocycles. The summed E-state index contributed by atoms with van der Waals surface area (Å²) in [6, 6.07) is 7.86. The first-order valence-electron chi connectivity index (χ1n) is 6.04. The minimum atomic E-state index is -0.585. The van der Waals surface area contributed by atoms with E-state index in [0.717, 1.165) is 0 Å². The summed E-state index contributed by atoms with van der Waals surface area (Å²) in [6.45, 7) is 3.30. The number of rotatable bonds is 4. The van der Waals surface area contributed by atoms with Crippen LogP contribution in [0.3, 0.4) is 0 Å². The maximum atomic E-state index is 10.7. The molecule has 2 aromatic rings. The molecule has 0 aliphatic carbocycles. The molecule has 0 aliphatic heterocycles. The van der Waals surface area contributed by atoms with E-state index in [9.17, 15) is 15.2 Å². The molecule has 0 aliphatic rings. The lowest BCUT2D eigenvalue weighted by atomic mass is 10.2. The Morgan fingerprint density at radius 3 is 2.60 bits per heavy atom. The van der Waals surface area contributed by atoms with E-state index in [-0.39, 0.29) is 5.69 Å². The Morgan fingerprint density at radius 1 is 1.35 bits per heavy atom. The molecule has 0 saturated carbocycles. The van der Waals surface area contributed by atoms with Crippen molar-refractivity contribution in [3.63, 3.8) is 0 Å². The van der Waals surface area contributed by atoms with Gasteiger partial charge < -0.3 is 9.84 Å². The number of ether oxygens (including phenoxy) is 1. The predicted octanol–water partition coefficient (Wildman–Crippen LogP) is 3.14. The summed E-state index contributed by atoms with van der Waals surface area (Å²) in [5, 5.41) is 20.1. The zero-order valence-electron chi connectivity index (χ0n) is 11.1. The van der Waals surface area contributed by atoms with Crippen LogP contribution >= 0.6 is 0 Å². The quantitative estimate of drug-likeness (QED) is 0.683. The van der Waals surface area contributed by atoms with Gasteiger partial charge in [-0.05, 0) is 37.6 Å². The number of nitro groups is 1. The average molecular weight is 274 g/mol. The summed E-state index contributed by atoms with van der Waals surface area (Å²) in [7, 11) is 0. The van der Waals surface area contributed by atoms with E-state index in [1.807, 2.05) is 0 Å². The molecule has 104 valence electrons. The van der Waals surface area contributed by atoms with E-state index in [0.29, 0.717) is 22.8 Å². The SMILES string of the molecule is Cc1cc(Oc2ccc([C@H](C)O)cn2)ccc1[N+](=O)[O-]. The molecule has 0 fully saturated rings.